The molecular formula is C24H35N5O4S. The molecule has 0 aliphatic carbocycles. The van der Waals surface area contributed by atoms with Gasteiger partial charge in [-0.25, -0.2) is 17.9 Å². The topological polar surface area (TPSA) is 113 Å². The molecule has 1 fully saturated rings. The van der Waals surface area contributed by atoms with E-state index in [2.05, 4.69) is 25.2 Å². The van der Waals surface area contributed by atoms with Gasteiger partial charge in [-0.15, -0.1) is 0 Å². The van der Waals surface area contributed by atoms with Crippen LogP contribution in [0.5, 0.6) is 5.75 Å². The van der Waals surface area contributed by atoms with Gasteiger partial charge in [0.25, 0.3) is 0 Å². The zero-order chi connectivity index (χ0) is 24.6. The van der Waals surface area contributed by atoms with Crippen molar-refractivity contribution >= 4 is 21.7 Å². The molecule has 9 nitrogen and oxygen atoms in total. The van der Waals surface area contributed by atoms with Gasteiger partial charge in [-0.3, -0.25) is 4.98 Å². The standard InChI is InChI=1S/C24H35N5O4S/c1-18-15-21(16-19(2)27-18)28-24(30)25-11-14-29-12-8-20(9-13-29)7-10-26-34(31,32)23-6-4-5-22(17-23)33-3/h4-6,15-17,20,26H,7-14H2,1-3H3,(H2,25,27,28,30). The number of hydrogen-bond donors (Lipinski definition) is 3. The maximum atomic E-state index is 12.5. The summed E-state index contributed by atoms with van der Waals surface area (Å²) in [4.78, 5) is 19.0. The number of benzene rings is 1. The number of carbonyl (C=O) groups excluding carboxylic acids is 1. The zero-order valence-electron chi connectivity index (χ0n) is 20.1. The Kier molecular flexibility index (Phi) is 9.26. The highest BCUT2D eigenvalue weighted by atomic mass is 32.2. The number of ether oxygens (including phenoxy) is 1. The number of aromatic nitrogens is 1. The molecular weight excluding hydrogens is 454 g/mol. The Bertz CT molecular complexity index is 1050. The predicted octanol–water partition coefficient (Wildman–Crippen LogP) is 2.91. The van der Waals surface area contributed by atoms with E-state index in [9.17, 15) is 13.2 Å². The van der Waals surface area contributed by atoms with Crippen molar-refractivity contribution < 1.29 is 17.9 Å². The molecule has 1 aliphatic rings. The molecule has 3 rings (SSSR count). The number of rotatable bonds is 10. The van der Waals surface area contributed by atoms with Crippen molar-refractivity contribution in [2.45, 2.75) is 38.0 Å². The number of hydrogen-bond acceptors (Lipinski definition) is 6. The largest absolute Gasteiger partial charge is 0.497 e. The van der Waals surface area contributed by atoms with Crippen LogP contribution in [0.25, 0.3) is 0 Å². The van der Waals surface area contributed by atoms with Gasteiger partial charge < -0.3 is 20.3 Å². The molecule has 1 saturated heterocycles. The molecule has 34 heavy (non-hydrogen) atoms. The van der Waals surface area contributed by atoms with E-state index >= 15 is 0 Å². The summed E-state index contributed by atoms with van der Waals surface area (Å²) in [5.74, 6) is 1.00. The third-order valence-corrected chi connectivity index (χ3v) is 7.41. The summed E-state index contributed by atoms with van der Waals surface area (Å²) in [5, 5.41) is 5.76. The van der Waals surface area contributed by atoms with Crippen molar-refractivity contribution in [1.82, 2.24) is 19.9 Å². The summed E-state index contributed by atoms with van der Waals surface area (Å²) in [6, 6.07) is 9.94. The molecule has 1 aliphatic heterocycles. The van der Waals surface area contributed by atoms with Gasteiger partial charge in [-0.05, 0) is 76.4 Å². The van der Waals surface area contributed by atoms with Crippen LogP contribution in [0.2, 0.25) is 0 Å². The predicted molar refractivity (Wildman–Crippen MR) is 133 cm³/mol. The Labute approximate surface area is 202 Å². The zero-order valence-corrected chi connectivity index (χ0v) is 21.0. The first-order valence-corrected chi connectivity index (χ1v) is 13.1. The molecule has 0 unspecified atom stereocenters. The summed E-state index contributed by atoms with van der Waals surface area (Å²) < 4.78 is 32.8. The van der Waals surface area contributed by atoms with Crippen LogP contribution in [0.3, 0.4) is 0 Å². The minimum absolute atomic E-state index is 0.215. The third kappa shape index (κ3) is 7.96. The summed E-state index contributed by atoms with van der Waals surface area (Å²) in [6.07, 6.45) is 2.84. The molecule has 2 amide bonds. The number of anilines is 1. The summed E-state index contributed by atoms with van der Waals surface area (Å²) in [7, 11) is -2.03. The number of nitrogens with zero attached hydrogens (tertiary/aromatic N) is 2. The number of piperidine rings is 1. The number of pyridine rings is 1. The SMILES string of the molecule is COc1cccc(S(=O)(=O)NCCC2CCN(CCNC(=O)Nc3cc(C)nc(C)c3)CC2)c1. The van der Waals surface area contributed by atoms with Crippen LogP contribution < -0.4 is 20.1 Å². The Morgan fingerprint density at radius 1 is 1.12 bits per heavy atom. The van der Waals surface area contributed by atoms with Gasteiger partial charge in [0.15, 0.2) is 0 Å². The summed E-state index contributed by atoms with van der Waals surface area (Å²) in [6.45, 7) is 7.46. The van der Waals surface area contributed by atoms with Crippen molar-refractivity contribution in [3.63, 3.8) is 0 Å². The van der Waals surface area contributed by atoms with Crippen LogP contribution in [-0.2, 0) is 10.0 Å². The lowest BCUT2D eigenvalue weighted by molar-refractivity contribution is 0.180. The van der Waals surface area contributed by atoms with Gasteiger partial charge in [-0.2, -0.15) is 0 Å². The van der Waals surface area contributed by atoms with Crippen LogP contribution >= 0.6 is 0 Å². The molecule has 0 radical (unpaired) electrons. The maximum absolute atomic E-state index is 12.5. The number of carbonyl (C=O) groups is 1. The number of urea groups is 1. The van der Waals surface area contributed by atoms with E-state index in [4.69, 9.17) is 4.74 Å². The second-order valence-electron chi connectivity index (χ2n) is 8.67. The van der Waals surface area contributed by atoms with Crippen molar-refractivity contribution in [2.75, 3.05) is 45.2 Å². The number of amides is 2. The average Bonchev–Trinajstić information content (AvgIpc) is 2.79. The first kappa shape index (κ1) is 25.9. The van der Waals surface area contributed by atoms with E-state index in [1.54, 1.807) is 18.2 Å². The number of likely N-dealkylation sites (tertiary alicyclic amines) is 1. The lowest BCUT2D eigenvalue weighted by atomic mass is 9.94. The van der Waals surface area contributed by atoms with Crippen LogP contribution in [0.4, 0.5) is 10.5 Å². The van der Waals surface area contributed by atoms with E-state index in [0.717, 1.165) is 56.0 Å². The van der Waals surface area contributed by atoms with Crippen LogP contribution in [0.15, 0.2) is 41.3 Å². The van der Waals surface area contributed by atoms with Gasteiger partial charge in [0.1, 0.15) is 5.75 Å². The molecule has 1 aromatic carbocycles. The highest BCUT2D eigenvalue weighted by Crippen LogP contribution is 2.21. The Morgan fingerprint density at radius 2 is 1.82 bits per heavy atom. The fourth-order valence-corrected chi connectivity index (χ4v) is 5.24. The summed E-state index contributed by atoms with van der Waals surface area (Å²) in [5.41, 5.74) is 2.47. The van der Waals surface area contributed by atoms with Gasteiger partial charge in [0.05, 0.1) is 12.0 Å². The highest BCUT2D eigenvalue weighted by molar-refractivity contribution is 7.89. The fourth-order valence-electron chi connectivity index (χ4n) is 4.16. The average molecular weight is 490 g/mol. The lowest BCUT2D eigenvalue weighted by Crippen LogP contribution is -2.41. The quantitative estimate of drug-likeness (QED) is 0.473. The Hall–Kier alpha value is -2.69. The number of sulfonamides is 1. The van der Waals surface area contributed by atoms with Gasteiger partial charge >= 0.3 is 6.03 Å². The van der Waals surface area contributed by atoms with E-state index in [0.29, 0.717) is 24.8 Å². The first-order valence-electron chi connectivity index (χ1n) is 11.6. The number of methoxy groups -OCH3 is 1. The highest BCUT2D eigenvalue weighted by Gasteiger charge is 2.20. The minimum Gasteiger partial charge on any atom is -0.497 e. The molecule has 2 heterocycles. The molecule has 186 valence electrons. The second kappa shape index (κ2) is 12.1. The number of aryl methyl sites for hydroxylation is 2. The minimum atomic E-state index is -3.54. The molecule has 0 atom stereocenters. The lowest BCUT2D eigenvalue weighted by Gasteiger charge is -2.32. The molecule has 1 aromatic heterocycles. The van der Waals surface area contributed by atoms with E-state index in [1.807, 2.05) is 26.0 Å². The smallest absolute Gasteiger partial charge is 0.319 e. The first-order chi connectivity index (χ1) is 16.2. The summed E-state index contributed by atoms with van der Waals surface area (Å²) >= 11 is 0. The normalized spacial score (nSPS) is 15.1. The van der Waals surface area contributed by atoms with Gasteiger partial charge in [-0.1, -0.05) is 6.07 Å². The van der Waals surface area contributed by atoms with E-state index in [-0.39, 0.29) is 10.9 Å². The van der Waals surface area contributed by atoms with Crippen molar-refractivity contribution in [3.8, 4) is 5.75 Å². The number of nitrogens with one attached hydrogen (secondary N) is 3. The van der Waals surface area contributed by atoms with Crippen LogP contribution in [-0.4, -0.2) is 64.2 Å². The fraction of sp³-hybridized carbons (Fsp3) is 0.500. The van der Waals surface area contributed by atoms with Crippen molar-refractivity contribution in [3.05, 3.63) is 47.8 Å². The maximum Gasteiger partial charge on any atom is 0.319 e. The molecule has 3 N–H and O–H groups in total. The molecule has 0 bridgehead atoms. The molecule has 10 heteroatoms. The monoisotopic (exact) mass is 489 g/mol. The Balaban J connectivity index is 1.32. The third-order valence-electron chi connectivity index (χ3n) is 5.96. The van der Waals surface area contributed by atoms with Crippen LogP contribution in [0.1, 0.15) is 30.7 Å². The van der Waals surface area contributed by atoms with Crippen molar-refractivity contribution in [1.29, 1.82) is 0 Å². The van der Waals surface area contributed by atoms with Crippen LogP contribution in [0, 0.1) is 19.8 Å². The van der Waals surface area contributed by atoms with Gasteiger partial charge in [0.2, 0.25) is 10.0 Å². The molecule has 0 spiro atoms. The Morgan fingerprint density at radius 3 is 2.50 bits per heavy atom. The van der Waals surface area contributed by atoms with E-state index < -0.39 is 10.0 Å². The van der Waals surface area contributed by atoms with Gasteiger partial charge in [0, 0.05) is 42.8 Å². The van der Waals surface area contributed by atoms with Crippen molar-refractivity contribution in [2.24, 2.45) is 5.92 Å². The molecule has 2 aromatic rings. The van der Waals surface area contributed by atoms with E-state index in [1.165, 1.54) is 13.2 Å². The molecule has 0 saturated carbocycles. The second-order valence-corrected chi connectivity index (χ2v) is 10.4.